The first-order valence-corrected chi connectivity index (χ1v) is 12.0. The van der Waals surface area contributed by atoms with Crippen LogP contribution in [0.2, 0.25) is 5.02 Å². The normalized spacial score (nSPS) is 17.5. The first kappa shape index (κ1) is 21.7. The van der Waals surface area contributed by atoms with E-state index < -0.39 is 27.6 Å². The van der Waals surface area contributed by atoms with Crippen LogP contribution in [0.15, 0.2) is 52.9 Å². The van der Waals surface area contributed by atoms with Crippen LogP contribution >= 0.6 is 22.9 Å². The van der Waals surface area contributed by atoms with Gasteiger partial charge in [0.05, 0.1) is 16.6 Å². The highest BCUT2D eigenvalue weighted by molar-refractivity contribution is 7.91. The number of nitrogens with one attached hydrogen (secondary N) is 2. The molecule has 2 N–H and O–H groups in total. The number of amides is 1. The number of rotatable bonds is 5. The van der Waals surface area contributed by atoms with E-state index in [1.54, 1.807) is 24.3 Å². The molecule has 0 saturated carbocycles. The Morgan fingerprint density at radius 1 is 1.16 bits per heavy atom. The summed E-state index contributed by atoms with van der Waals surface area (Å²) >= 11 is 6.79. The van der Waals surface area contributed by atoms with Crippen molar-refractivity contribution in [3.63, 3.8) is 0 Å². The maximum absolute atomic E-state index is 13.0. The number of carbonyl (C=O) groups is 1. The molecule has 1 amide bonds. The molecule has 162 valence electrons. The number of fused-ring (bicyclic) bond motifs is 1. The quantitative estimate of drug-likeness (QED) is 0.536. The SMILES string of the molecule is CC1(C)C[C@H](NS(=O)(=O)c2nnc(NC(=O)c3ccccc3Cl)s2)c2ccccc2O1. The van der Waals surface area contributed by atoms with Gasteiger partial charge in [0.1, 0.15) is 11.4 Å². The van der Waals surface area contributed by atoms with E-state index in [0.717, 1.165) is 16.9 Å². The van der Waals surface area contributed by atoms with Crippen LogP contribution in [0.4, 0.5) is 5.13 Å². The molecule has 2 aromatic carbocycles. The number of halogens is 1. The number of aromatic nitrogens is 2. The Hall–Kier alpha value is -2.53. The fourth-order valence-electron chi connectivity index (χ4n) is 3.32. The van der Waals surface area contributed by atoms with Crippen LogP contribution in [-0.2, 0) is 10.0 Å². The van der Waals surface area contributed by atoms with E-state index in [9.17, 15) is 13.2 Å². The number of hydrogen-bond donors (Lipinski definition) is 2. The second-order valence-electron chi connectivity index (χ2n) is 7.58. The zero-order valence-corrected chi connectivity index (χ0v) is 19.0. The van der Waals surface area contributed by atoms with Crippen molar-refractivity contribution in [3.8, 4) is 5.75 Å². The number of hydrogen-bond acceptors (Lipinski definition) is 7. The van der Waals surface area contributed by atoms with Crippen molar-refractivity contribution < 1.29 is 17.9 Å². The third kappa shape index (κ3) is 4.72. The second kappa shape index (κ2) is 8.19. The maximum Gasteiger partial charge on any atom is 0.270 e. The lowest BCUT2D eigenvalue weighted by molar-refractivity contribution is 0.0702. The monoisotopic (exact) mass is 478 g/mol. The third-order valence-electron chi connectivity index (χ3n) is 4.65. The van der Waals surface area contributed by atoms with E-state index in [0.29, 0.717) is 12.2 Å². The minimum atomic E-state index is -3.98. The molecular formula is C20H19ClN4O4S2. The number of para-hydroxylation sites is 1. The van der Waals surface area contributed by atoms with Gasteiger partial charge in [0.2, 0.25) is 9.47 Å². The van der Waals surface area contributed by atoms with E-state index in [1.807, 2.05) is 38.1 Å². The first-order valence-electron chi connectivity index (χ1n) is 9.34. The van der Waals surface area contributed by atoms with E-state index >= 15 is 0 Å². The average Bonchev–Trinajstić information content (AvgIpc) is 3.16. The van der Waals surface area contributed by atoms with E-state index in [1.165, 1.54) is 0 Å². The molecule has 31 heavy (non-hydrogen) atoms. The number of benzene rings is 2. The number of carbonyl (C=O) groups excluding carboxylic acids is 1. The number of ether oxygens (including phenoxy) is 1. The molecule has 0 spiro atoms. The largest absolute Gasteiger partial charge is 0.487 e. The lowest BCUT2D eigenvalue weighted by atomic mass is 9.90. The van der Waals surface area contributed by atoms with Crippen molar-refractivity contribution >= 4 is 44.0 Å². The molecule has 4 rings (SSSR count). The molecule has 0 radical (unpaired) electrons. The highest BCUT2D eigenvalue weighted by Crippen LogP contribution is 2.40. The van der Waals surface area contributed by atoms with Crippen LogP contribution < -0.4 is 14.8 Å². The Morgan fingerprint density at radius 2 is 1.87 bits per heavy atom. The average molecular weight is 479 g/mol. The van der Waals surface area contributed by atoms with Gasteiger partial charge in [0.15, 0.2) is 0 Å². The summed E-state index contributed by atoms with van der Waals surface area (Å²) in [6.45, 7) is 3.80. The lowest BCUT2D eigenvalue weighted by Crippen LogP contribution is -2.41. The van der Waals surface area contributed by atoms with Crippen LogP contribution in [0, 0.1) is 0 Å². The molecule has 3 aromatic rings. The first-order chi connectivity index (χ1) is 14.6. The molecule has 1 aliphatic heterocycles. The van der Waals surface area contributed by atoms with Gasteiger partial charge in [0.25, 0.3) is 15.9 Å². The summed E-state index contributed by atoms with van der Waals surface area (Å²) in [5, 5.41) is 10.4. The standard InChI is InChI=1S/C20H19ClN4O4S2/c1-20(2)11-15(13-8-4-6-10-16(13)29-20)25-31(27,28)19-24-23-18(30-19)22-17(26)12-7-3-5-9-14(12)21/h3-10,15,25H,11H2,1-2H3,(H,22,23,26)/t15-/m0/s1. The molecular weight excluding hydrogens is 460 g/mol. The Balaban J connectivity index is 1.54. The Bertz CT molecular complexity index is 1240. The van der Waals surface area contributed by atoms with E-state index in [4.69, 9.17) is 16.3 Å². The van der Waals surface area contributed by atoms with Crippen molar-refractivity contribution in [1.29, 1.82) is 0 Å². The molecule has 0 fully saturated rings. The van der Waals surface area contributed by atoms with Gasteiger partial charge in [-0.15, -0.1) is 10.2 Å². The number of sulfonamides is 1. The number of anilines is 1. The Labute approximate surface area is 188 Å². The van der Waals surface area contributed by atoms with Crippen molar-refractivity contribution in [2.24, 2.45) is 0 Å². The molecule has 2 heterocycles. The molecule has 0 aliphatic carbocycles. The van der Waals surface area contributed by atoms with Gasteiger partial charge in [-0.25, -0.2) is 13.1 Å². The molecule has 0 unspecified atom stereocenters. The molecule has 8 nitrogen and oxygen atoms in total. The number of nitrogens with zero attached hydrogens (tertiary/aromatic N) is 2. The van der Waals surface area contributed by atoms with Crippen LogP contribution in [0.25, 0.3) is 0 Å². The van der Waals surface area contributed by atoms with Crippen LogP contribution in [-0.4, -0.2) is 30.1 Å². The molecule has 0 bridgehead atoms. The summed E-state index contributed by atoms with van der Waals surface area (Å²) < 4.78 is 34.3. The summed E-state index contributed by atoms with van der Waals surface area (Å²) in [7, 11) is -3.98. The van der Waals surface area contributed by atoms with Gasteiger partial charge in [-0.3, -0.25) is 10.1 Å². The summed E-state index contributed by atoms with van der Waals surface area (Å²) in [6.07, 6.45) is 0.443. The van der Waals surface area contributed by atoms with Crippen molar-refractivity contribution in [2.75, 3.05) is 5.32 Å². The van der Waals surface area contributed by atoms with E-state index in [2.05, 4.69) is 20.2 Å². The van der Waals surface area contributed by atoms with Crippen molar-refractivity contribution in [1.82, 2.24) is 14.9 Å². The lowest BCUT2D eigenvalue weighted by Gasteiger charge is -2.37. The van der Waals surface area contributed by atoms with Crippen LogP contribution in [0.3, 0.4) is 0 Å². The van der Waals surface area contributed by atoms with Crippen molar-refractivity contribution in [2.45, 2.75) is 36.3 Å². The third-order valence-corrected chi connectivity index (χ3v) is 7.66. The van der Waals surface area contributed by atoms with Crippen molar-refractivity contribution in [3.05, 3.63) is 64.7 Å². The minimum absolute atomic E-state index is 0.0537. The van der Waals surface area contributed by atoms with Gasteiger partial charge in [-0.2, -0.15) is 0 Å². The topological polar surface area (TPSA) is 110 Å². The van der Waals surface area contributed by atoms with Gasteiger partial charge in [-0.05, 0) is 32.0 Å². The predicted octanol–water partition coefficient (Wildman–Crippen LogP) is 4.02. The molecule has 1 aliphatic rings. The van der Waals surface area contributed by atoms with Gasteiger partial charge in [-0.1, -0.05) is 53.3 Å². The van der Waals surface area contributed by atoms with Crippen LogP contribution in [0.1, 0.15) is 42.2 Å². The predicted molar refractivity (Wildman–Crippen MR) is 118 cm³/mol. The second-order valence-corrected chi connectivity index (χ2v) is 10.9. The highest BCUT2D eigenvalue weighted by atomic mass is 35.5. The Kier molecular flexibility index (Phi) is 5.73. The highest BCUT2D eigenvalue weighted by Gasteiger charge is 2.36. The minimum Gasteiger partial charge on any atom is -0.487 e. The summed E-state index contributed by atoms with van der Waals surface area (Å²) in [4.78, 5) is 12.4. The summed E-state index contributed by atoms with van der Waals surface area (Å²) in [6, 6.07) is 13.3. The summed E-state index contributed by atoms with van der Waals surface area (Å²) in [5.74, 6) is 0.134. The van der Waals surface area contributed by atoms with E-state index in [-0.39, 0.29) is 20.1 Å². The molecule has 1 atom stereocenters. The Morgan fingerprint density at radius 3 is 2.65 bits per heavy atom. The fourth-order valence-corrected chi connectivity index (χ4v) is 5.67. The van der Waals surface area contributed by atoms with Gasteiger partial charge < -0.3 is 4.74 Å². The van der Waals surface area contributed by atoms with Gasteiger partial charge >= 0.3 is 0 Å². The molecule has 1 aromatic heterocycles. The van der Waals surface area contributed by atoms with Gasteiger partial charge in [0, 0.05) is 12.0 Å². The molecule has 0 saturated heterocycles. The summed E-state index contributed by atoms with van der Waals surface area (Å²) in [5.41, 5.74) is 0.460. The zero-order valence-electron chi connectivity index (χ0n) is 16.6. The molecule has 11 heteroatoms. The zero-order chi connectivity index (χ0) is 22.2. The maximum atomic E-state index is 13.0. The smallest absolute Gasteiger partial charge is 0.270 e. The van der Waals surface area contributed by atoms with Crippen LogP contribution in [0.5, 0.6) is 5.75 Å². The fraction of sp³-hybridized carbons (Fsp3) is 0.250.